The summed E-state index contributed by atoms with van der Waals surface area (Å²) in [5.41, 5.74) is 4.28. The van der Waals surface area contributed by atoms with Crippen molar-refractivity contribution in [3.8, 4) is 5.69 Å². The van der Waals surface area contributed by atoms with Gasteiger partial charge in [0.15, 0.2) is 5.16 Å². The Morgan fingerprint density at radius 1 is 1.07 bits per heavy atom. The lowest BCUT2D eigenvalue weighted by molar-refractivity contribution is -0.115. The summed E-state index contributed by atoms with van der Waals surface area (Å²) in [6.07, 6.45) is 0. The Morgan fingerprint density at radius 2 is 1.76 bits per heavy atom. The van der Waals surface area contributed by atoms with E-state index in [4.69, 9.17) is 0 Å². The molecule has 0 spiro atoms. The van der Waals surface area contributed by atoms with E-state index in [0.717, 1.165) is 22.8 Å². The van der Waals surface area contributed by atoms with Gasteiger partial charge in [-0.25, -0.2) is 0 Å². The number of amides is 1. The van der Waals surface area contributed by atoms with Crippen LogP contribution < -0.4 is 5.32 Å². The van der Waals surface area contributed by atoms with Crippen molar-refractivity contribution in [3.05, 3.63) is 65.5 Å². The summed E-state index contributed by atoms with van der Waals surface area (Å²) in [5.74, 6) is 0.735. The first-order valence-electron chi connectivity index (χ1n) is 9.72. The Balaban J connectivity index is 1.72. The van der Waals surface area contributed by atoms with Gasteiger partial charge in [0.05, 0.1) is 5.25 Å². The van der Waals surface area contributed by atoms with Gasteiger partial charge in [-0.1, -0.05) is 56.8 Å². The average Bonchev–Trinajstić information content (AvgIpc) is 3.01. The summed E-state index contributed by atoms with van der Waals surface area (Å²) in [6.45, 7) is 12.4. The summed E-state index contributed by atoms with van der Waals surface area (Å²) in [6, 6.07) is 16.2. The minimum atomic E-state index is -0.315. The molecular formula is C23H28N4OS. The van der Waals surface area contributed by atoms with Crippen LogP contribution in [-0.2, 0) is 10.2 Å². The van der Waals surface area contributed by atoms with Gasteiger partial charge in [0.2, 0.25) is 5.91 Å². The normalized spacial score (nSPS) is 12.6. The van der Waals surface area contributed by atoms with Crippen molar-refractivity contribution in [2.24, 2.45) is 0 Å². The highest BCUT2D eigenvalue weighted by Crippen LogP contribution is 2.27. The topological polar surface area (TPSA) is 59.8 Å². The second-order valence-corrected chi connectivity index (χ2v) is 9.59. The molecule has 3 rings (SSSR count). The molecule has 1 heterocycles. The lowest BCUT2D eigenvalue weighted by atomic mass is 9.87. The van der Waals surface area contributed by atoms with Crippen LogP contribution in [0.5, 0.6) is 0 Å². The molecule has 1 amide bonds. The Labute approximate surface area is 176 Å². The summed E-state index contributed by atoms with van der Waals surface area (Å²) in [5, 5.41) is 11.9. The van der Waals surface area contributed by atoms with Crippen LogP contribution in [0.4, 0.5) is 5.69 Å². The van der Waals surface area contributed by atoms with Crippen LogP contribution in [0, 0.1) is 13.8 Å². The number of aryl methyl sites for hydroxylation is 2. The van der Waals surface area contributed by atoms with Gasteiger partial charge in [0.25, 0.3) is 0 Å². The van der Waals surface area contributed by atoms with Crippen LogP contribution in [0.2, 0.25) is 0 Å². The van der Waals surface area contributed by atoms with E-state index in [1.807, 2.05) is 42.7 Å². The predicted molar refractivity (Wildman–Crippen MR) is 120 cm³/mol. The molecule has 152 valence electrons. The smallest absolute Gasteiger partial charge is 0.237 e. The van der Waals surface area contributed by atoms with Gasteiger partial charge < -0.3 is 5.32 Å². The van der Waals surface area contributed by atoms with E-state index in [9.17, 15) is 4.79 Å². The summed E-state index contributed by atoms with van der Waals surface area (Å²) in [4.78, 5) is 12.7. The van der Waals surface area contributed by atoms with Crippen LogP contribution in [0.3, 0.4) is 0 Å². The number of carbonyl (C=O) groups excluding carboxylic acids is 1. The number of thioether (sulfide) groups is 1. The zero-order chi connectivity index (χ0) is 21.2. The van der Waals surface area contributed by atoms with Gasteiger partial charge in [0.1, 0.15) is 5.82 Å². The fraction of sp³-hybridized carbons (Fsp3) is 0.348. The molecular weight excluding hydrogens is 380 g/mol. The number of nitrogens with zero attached hydrogens (tertiary/aromatic N) is 3. The molecule has 29 heavy (non-hydrogen) atoms. The van der Waals surface area contributed by atoms with E-state index in [1.165, 1.54) is 17.3 Å². The number of hydrogen-bond acceptors (Lipinski definition) is 4. The maximum Gasteiger partial charge on any atom is 0.237 e. The molecule has 0 bridgehead atoms. The average molecular weight is 409 g/mol. The van der Waals surface area contributed by atoms with Crippen LogP contribution >= 0.6 is 11.8 Å². The third-order valence-electron chi connectivity index (χ3n) is 4.72. The first-order chi connectivity index (χ1) is 13.6. The second-order valence-electron chi connectivity index (χ2n) is 8.28. The molecule has 0 radical (unpaired) electrons. The summed E-state index contributed by atoms with van der Waals surface area (Å²) in [7, 11) is 0. The van der Waals surface area contributed by atoms with Crippen molar-refractivity contribution in [1.82, 2.24) is 14.8 Å². The Kier molecular flexibility index (Phi) is 6.13. The maximum absolute atomic E-state index is 12.7. The minimum Gasteiger partial charge on any atom is -0.325 e. The van der Waals surface area contributed by atoms with Crippen LogP contribution in [0.1, 0.15) is 44.6 Å². The lowest BCUT2D eigenvalue weighted by Crippen LogP contribution is -2.23. The van der Waals surface area contributed by atoms with Gasteiger partial charge in [0, 0.05) is 11.4 Å². The molecule has 6 heteroatoms. The lowest BCUT2D eigenvalue weighted by Gasteiger charge is -2.19. The molecule has 0 saturated heterocycles. The number of rotatable bonds is 5. The number of carbonyl (C=O) groups is 1. The number of benzene rings is 2. The molecule has 0 saturated carbocycles. The second kappa shape index (κ2) is 8.41. The molecule has 2 aromatic carbocycles. The fourth-order valence-corrected chi connectivity index (χ4v) is 3.91. The quantitative estimate of drug-likeness (QED) is 0.582. The molecule has 1 atom stereocenters. The van der Waals surface area contributed by atoms with E-state index in [1.54, 1.807) is 0 Å². The van der Waals surface area contributed by atoms with Crippen LogP contribution in [-0.4, -0.2) is 25.9 Å². The summed E-state index contributed by atoms with van der Waals surface area (Å²) >= 11 is 1.40. The highest BCUT2D eigenvalue weighted by atomic mass is 32.2. The zero-order valence-corrected chi connectivity index (χ0v) is 18.7. The molecule has 0 aliphatic heterocycles. The third kappa shape index (κ3) is 5.07. The Morgan fingerprint density at radius 3 is 2.38 bits per heavy atom. The minimum absolute atomic E-state index is 0.0602. The van der Waals surface area contributed by atoms with E-state index in [2.05, 4.69) is 67.5 Å². The molecule has 0 aliphatic rings. The molecule has 1 aromatic heterocycles. The highest BCUT2D eigenvalue weighted by Gasteiger charge is 2.20. The monoisotopic (exact) mass is 408 g/mol. The molecule has 1 N–H and O–H groups in total. The van der Waals surface area contributed by atoms with Crippen molar-refractivity contribution in [3.63, 3.8) is 0 Å². The van der Waals surface area contributed by atoms with Crippen molar-refractivity contribution in [1.29, 1.82) is 0 Å². The molecule has 3 aromatic rings. The van der Waals surface area contributed by atoms with Gasteiger partial charge in [-0.2, -0.15) is 0 Å². The predicted octanol–water partition coefficient (Wildman–Crippen LogP) is 5.30. The standard InChI is InChI=1S/C23H28N4OS/c1-15-8-7-9-20(14-15)27-17(3)25-26-22(27)29-16(2)21(28)24-19-12-10-18(11-13-19)23(4,5)6/h7-14,16H,1-6H3,(H,24,28). The van der Waals surface area contributed by atoms with E-state index < -0.39 is 0 Å². The van der Waals surface area contributed by atoms with E-state index in [-0.39, 0.29) is 16.6 Å². The number of nitrogens with one attached hydrogen (secondary N) is 1. The first-order valence-corrected chi connectivity index (χ1v) is 10.6. The molecule has 5 nitrogen and oxygen atoms in total. The summed E-state index contributed by atoms with van der Waals surface area (Å²) < 4.78 is 1.99. The number of anilines is 1. The van der Waals surface area contributed by atoms with E-state index in [0.29, 0.717) is 5.16 Å². The van der Waals surface area contributed by atoms with Gasteiger partial charge in [-0.15, -0.1) is 10.2 Å². The Bertz CT molecular complexity index is 1000. The zero-order valence-electron chi connectivity index (χ0n) is 17.9. The largest absolute Gasteiger partial charge is 0.325 e. The van der Waals surface area contributed by atoms with Crippen molar-refractivity contribution in [2.75, 3.05) is 5.32 Å². The highest BCUT2D eigenvalue weighted by molar-refractivity contribution is 8.00. The van der Waals surface area contributed by atoms with Crippen molar-refractivity contribution >= 4 is 23.4 Å². The molecule has 0 fully saturated rings. The molecule has 1 unspecified atom stereocenters. The number of hydrogen-bond donors (Lipinski definition) is 1. The molecule has 0 aliphatic carbocycles. The van der Waals surface area contributed by atoms with E-state index >= 15 is 0 Å². The van der Waals surface area contributed by atoms with Gasteiger partial charge in [-0.3, -0.25) is 9.36 Å². The van der Waals surface area contributed by atoms with Gasteiger partial charge in [-0.05, 0) is 61.6 Å². The van der Waals surface area contributed by atoms with Crippen molar-refractivity contribution < 1.29 is 4.79 Å². The first kappa shape index (κ1) is 21.1. The Hall–Kier alpha value is -2.60. The number of aromatic nitrogens is 3. The maximum atomic E-state index is 12.7. The van der Waals surface area contributed by atoms with Crippen LogP contribution in [0.15, 0.2) is 53.7 Å². The van der Waals surface area contributed by atoms with Crippen LogP contribution in [0.25, 0.3) is 5.69 Å². The van der Waals surface area contributed by atoms with Gasteiger partial charge >= 0.3 is 0 Å². The SMILES string of the molecule is Cc1cccc(-n2c(C)nnc2SC(C)C(=O)Nc2ccc(C(C)(C)C)cc2)c1. The third-order valence-corrected chi connectivity index (χ3v) is 5.77. The van der Waals surface area contributed by atoms with Crippen molar-refractivity contribution in [2.45, 2.75) is 57.4 Å². The fourth-order valence-electron chi connectivity index (χ4n) is 2.99.